The van der Waals surface area contributed by atoms with Crippen molar-refractivity contribution in [1.82, 2.24) is 9.62 Å². The van der Waals surface area contributed by atoms with Crippen LogP contribution >= 0.6 is 0 Å². The van der Waals surface area contributed by atoms with E-state index in [2.05, 4.69) is 0 Å². The third-order valence-corrected chi connectivity index (χ3v) is 7.70. The number of nitrogens with one attached hydrogen (secondary N) is 1. The number of amides is 2. The Bertz CT molecular complexity index is 1110. The molecule has 1 unspecified atom stereocenters. The number of carbonyl (C=O) groups is 2. The van der Waals surface area contributed by atoms with Gasteiger partial charge in [-0.15, -0.1) is 0 Å². The van der Waals surface area contributed by atoms with E-state index in [0.717, 1.165) is 6.42 Å². The zero-order valence-corrected chi connectivity index (χ0v) is 21.2. The van der Waals surface area contributed by atoms with Crippen LogP contribution < -0.4 is 4.72 Å². The number of sulfonamides is 1. The first kappa shape index (κ1) is 29.1. The monoisotopic (exact) mass is 558 g/mol. The van der Waals surface area contributed by atoms with E-state index in [9.17, 15) is 44.3 Å². The number of alkyl halides is 6. The Labute approximate surface area is 210 Å². The Kier molecular flexibility index (Phi) is 7.84. The summed E-state index contributed by atoms with van der Waals surface area (Å²) in [7, 11) is -5.07. The molecule has 2 bridgehead atoms. The van der Waals surface area contributed by atoms with Gasteiger partial charge in [0.1, 0.15) is 5.60 Å². The topological polar surface area (TPSA) is 92.8 Å². The Morgan fingerprint density at radius 2 is 1.51 bits per heavy atom. The first-order chi connectivity index (χ1) is 16.8. The lowest BCUT2D eigenvalue weighted by Gasteiger charge is -2.31. The minimum absolute atomic E-state index is 0.0561. The van der Waals surface area contributed by atoms with Crippen LogP contribution in [0.25, 0.3) is 0 Å². The Morgan fingerprint density at radius 3 is 2.03 bits per heavy atom. The van der Waals surface area contributed by atoms with Crippen molar-refractivity contribution in [3.05, 3.63) is 29.3 Å². The predicted molar refractivity (Wildman–Crippen MR) is 119 cm³/mol. The minimum atomic E-state index is -5.25. The van der Waals surface area contributed by atoms with Crippen LogP contribution in [0.1, 0.15) is 57.6 Å². The summed E-state index contributed by atoms with van der Waals surface area (Å²) in [6.07, 6.45) is -9.01. The Morgan fingerprint density at radius 1 is 0.946 bits per heavy atom. The zero-order valence-electron chi connectivity index (χ0n) is 20.4. The molecule has 37 heavy (non-hydrogen) atoms. The fourth-order valence-corrected chi connectivity index (χ4v) is 5.84. The second kappa shape index (κ2) is 9.99. The first-order valence-corrected chi connectivity index (χ1v) is 13.1. The standard InChI is InChI=1S/C23H28F6N2O5S/c1-21(2,3)36-20(33)31-11-13-5-4-6-14(12-31)18(7-13)19(32)30-37(34,35)17-9-15(22(24,25)26)8-16(10-17)23(27,28)29/h8-10,13-14,18H,4-7,11-12H2,1-3H3,(H,30,32)/t13-,14+,18?/m0/s1. The van der Waals surface area contributed by atoms with Crippen LogP contribution in [0.2, 0.25) is 0 Å². The van der Waals surface area contributed by atoms with Crippen molar-refractivity contribution < 1.29 is 49.1 Å². The maximum absolute atomic E-state index is 13.2. The lowest BCUT2D eigenvalue weighted by molar-refractivity contribution is -0.143. The van der Waals surface area contributed by atoms with Crippen LogP contribution in [0.15, 0.2) is 23.1 Å². The number of carbonyl (C=O) groups excluding carboxylic acids is 2. The molecule has 1 heterocycles. The van der Waals surface area contributed by atoms with Crippen molar-refractivity contribution in [2.75, 3.05) is 13.1 Å². The molecule has 0 spiro atoms. The van der Waals surface area contributed by atoms with Crippen molar-refractivity contribution in [3.8, 4) is 0 Å². The van der Waals surface area contributed by atoms with Gasteiger partial charge in [-0.3, -0.25) is 4.79 Å². The van der Waals surface area contributed by atoms with Gasteiger partial charge in [0, 0.05) is 19.0 Å². The molecule has 2 amide bonds. The summed E-state index contributed by atoms with van der Waals surface area (Å²) in [6, 6.07) is -0.0817. The van der Waals surface area contributed by atoms with E-state index in [-0.39, 0.29) is 43.6 Å². The maximum atomic E-state index is 13.2. The SMILES string of the molecule is CC(C)(C)OC(=O)N1C[C@H]2CCC[C@H](C1)C(C(=O)NS(=O)(=O)c1cc(C(F)(F)F)cc(C(F)(F)F)c1)C2. The third kappa shape index (κ3) is 7.29. The van der Waals surface area contributed by atoms with Gasteiger partial charge in [-0.25, -0.2) is 17.9 Å². The Hall–Kier alpha value is -2.51. The van der Waals surface area contributed by atoms with Crippen LogP contribution in [-0.4, -0.2) is 44.0 Å². The van der Waals surface area contributed by atoms with Gasteiger partial charge in [0.05, 0.1) is 16.0 Å². The number of halogens is 6. The van der Waals surface area contributed by atoms with E-state index >= 15 is 0 Å². The molecule has 0 aromatic heterocycles. The highest BCUT2D eigenvalue weighted by Crippen LogP contribution is 2.39. The first-order valence-electron chi connectivity index (χ1n) is 11.6. The molecule has 1 N–H and O–H groups in total. The van der Waals surface area contributed by atoms with Crippen LogP contribution in [0, 0.1) is 17.8 Å². The summed E-state index contributed by atoms with van der Waals surface area (Å²) < 4.78 is 112. The molecule has 1 saturated heterocycles. The number of hydrogen-bond donors (Lipinski definition) is 1. The van der Waals surface area contributed by atoms with Crippen LogP contribution in [-0.2, 0) is 31.9 Å². The summed E-state index contributed by atoms with van der Waals surface area (Å²) in [5.41, 5.74) is -4.38. The molecule has 208 valence electrons. The number of fused-ring (bicyclic) bond motifs is 3. The van der Waals surface area contributed by atoms with Gasteiger partial charge < -0.3 is 9.64 Å². The molecule has 1 aliphatic carbocycles. The van der Waals surface area contributed by atoms with Crippen molar-refractivity contribution in [2.45, 2.75) is 69.3 Å². The van der Waals surface area contributed by atoms with E-state index in [1.165, 1.54) is 4.90 Å². The minimum Gasteiger partial charge on any atom is -0.444 e. The lowest BCUT2D eigenvalue weighted by Crippen LogP contribution is -2.43. The highest BCUT2D eigenvalue weighted by atomic mass is 32.2. The Balaban J connectivity index is 1.87. The molecule has 7 nitrogen and oxygen atoms in total. The van der Waals surface area contributed by atoms with Crippen molar-refractivity contribution in [1.29, 1.82) is 0 Å². The fourth-order valence-electron chi connectivity index (χ4n) is 4.74. The molecule has 3 rings (SSSR count). The summed E-state index contributed by atoms with van der Waals surface area (Å²) in [4.78, 5) is 25.9. The normalized spacial score (nSPS) is 23.3. The largest absolute Gasteiger partial charge is 0.444 e. The van der Waals surface area contributed by atoms with Crippen LogP contribution in [0.4, 0.5) is 31.1 Å². The highest BCUT2D eigenvalue weighted by molar-refractivity contribution is 7.90. The third-order valence-electron chi connectivity index (χ3n) is 6.37. The van der Waals surface area contributed by atoms with E-state index in [1.807, 2.05) is 0 Å². The average Bonchev–Trinajstić information content (AvgIpc) is 3.02. The van der Waals surface area contributed by atoms with E-state index < -0.39 is 67.8 Å². The number of likely N-dealkylation sites (tertiary alicyclic amines) is 1. The zero-order chi connectivity index (χ0) is 28.0. The van der Waals surface area contributed by atoms with Gasteiger partial charge in [-0.2, -0.15) is 26.3 Å². The van der Waals surface area contributed by atoms with Gasteiger partial charge >= 0.3 is 18.4 Å². The molecule has 0 radical (unpaired) electrons. The van der Waals surface area contributed by atoms with Crippen molar-refractivity contribution in [3.63, 3.8) is 0 Å². The summed E-state index contributed by atoms with van der Waals surface area (Å²) in [5, 5.41) is 0. The van der Waals surface area contributed by atoms with Gasteiger partial charge in [0.25, 0.3) is 10.0 Å². The number of nitrogens with zero attached hydrogens (tertiary/aromatic N) is 1. The molecule has 2 fully saturated rings. The molecule has 1 aliphatic heterocycles. The average molecular weight is 559 g/mol. The molecule has 2 aliphatic rings. The quantitative estimate of drug-likeness (QED) is 0.515. The highest BCUT2D eigenvalue weighted by Gasteiger charge is 2.42. The molecule has 1 aromatic carbocycles. The predicted octanol–water partition coefficient (Wildman–Crippen LogP) is 5.20. The molecular formula is C23H28F6N2O5S. The molecular weight excluding hydrogens is 530 g/mol. The van der Waals surface area contributed by atoms with E-state index in [1.54, 1.807) is 25.5 Å². The summed E-state index contributed by atoms with van der Waals surface area (Å²) in [6.45, 7) is 5.48. The second-order valence-corrected chi connectivity index (χ2v) is 12.2. The number of rotatable bonds is 3. The maximum Gasteiger partial charge on any atom is 0.416 e. The molecule has 1 aromatic rings. The second-order valence-electron chi connectivity index (χ2n) is 10.5. The van der Waals surface area contributed by atoms with Gasteiger partial charge in [-0.1, -0.05) is 6.42 Å². The lowest BCUT2D eigenvalue weighted by atomic mass is 9.86. The van der Waals surface area contributed by atoms with Gasteiger partial charge in [-0.05, 0) is 70.1 Å². The molecule has 3 atom stereocenters. The van der Waals surface area contributed by atoms with Crippen LogP contribution in [0.5, 0.6) is 0 Å². The van der Waals surface area contributed by atoms with Gasteiger partial charge in [0.15, 0.2) is 0 Å². The van der Waals surface area contributed by atoms with Crippen molar-refractivity contribution >= 4 is 22.0 Å². The van der Waals surface area contributed by atoms with E-state index in [4.69, 9.17) is 4.74 Å². The fraction of sp³-hybridized carbons (Fsp3) is 0.652. The summed E-state index contributed by atoms with van der Waals surface area (Å²) in [5.74, 6) is -2.58. The number of ether oxygens (including phenoxy) is 1. The van der Waals surface area contributed by atoms with Gasteiger partial charge in [0.2, 0.25) is 5.91 Å². The molecule has 14 heteroatoms. The molecule has 1 saturated carbocycles. The number of hydrogen-bond acceptors (Lipinski definition) is 5. The number of benzene rings is 1. The van der Waals surface area contributed by atoms with E-state index in [0.29, 0.717) is 12.8 Å². The van der Waals surface area contributed by atoms with Crippen LogP contribution in [0.3, 0.4) is 0 Å². The summed E-state index contributed by atoms with van der Waals surface area (Å²) >= 11 is 0. The smallest absolute Gasteiger partial charge is 0.416 e. The van der Waals surface area contributed by atoms with Crippen molar-refractivity contribution in [2.24, 2.45) is 17.8 Å².